The Morgan fingerprint density at radius 2 is 1.70 bits per heavy atom. The molecule has 1 heterocycles. The number of nitrogens with one attached hydrogen (secondary N) is 1. The molecule has 1 fully saturated rings. The molecule has 1 aliphatic rings. The first-order valence-corrected chi connectivity index (χ1v) is 6.91. The van der Waals surface area contributed by atoms with Crippen molar-refractivity contribution in [3.05, 3.63) is 35.9 Å². The Kier molecular flexibility index (Phi) is 4.81. The summed E-state index contributed by atoms with van der Waals surface area (Å²) in [5.74, 6) is 0. The Hall–Kier alpha value is -0.535. The first-order chi connectivity index (χ1) is 9.26. The monoisotopic (exact) mass is 257 g/mol. The summed E-state index contributed by atoms with van der Waals surface area (Å²) in [5.41, 5.74) is 1.28. The van der Waals surface area contributed by atoms with Crippen molar-refractivity contribution in [2.24, 2.45) is 0 Å². The Morgan fingerprint density at radius 1 is 1.15 bits per heavy atom. The molecule has 2 nitrogen and oxygen atoms in total. The molecular weight excluding hydrogens is 240 g/mol. The van der Waals surface area contributed by atoms with E-state index in [1.807, 2.05) is 18.2 Å². The first-order valence-electron chi connectivity index (χ1n) is 6.91. The van der Waals surface area contributed by atoms with Crippen molar-refractivity contribution in [1.82, 2.24) is 5.23 Å². The van der Waals surface area contributed by atoms with Gasteiger partial charge in [-0.15, -0.1) is 0 Å². The number of rotatable bonds is 4. The molecule has 1 aromatic rings. The molecule has 0 amide bonds. The minimum atomic E-state index is -1.29. The van der Waals surface area contributed by atoms with Crippen LogP contribution in [0.3, 0.4) is 0 Å². The molecule has 0 bridgehead atoms. The maximum absolute atomic E-state index is 5.83. The number of benzene rings is 1. The molecule has 0 atom stereocenters. The molecule has 0 saturated carbocycles. The number of hydrogen-bond acceptors (Lipinski definition) is 2. The van der Waals surface area contributed by atoms with Gasteiger partial charge in [0.2, 0.25) is 6.85 Å². The minimum Gasteiger partial charge on any atom is -0.407 e. The highest BCUT2D eigenvalue weighted by atomic mass is 16.5. The van der Waals surface area contributed by atoms with E-state index >= 15 is 0 Å². The van der Waals surface area contributed by atoms with Crippen molar-refractivity contribution >= 4 is 38.2 Å². The van der Waals surface area contributed by atoms with Gasteiger partial charge < -0.3 is 9.96 Å². The average Bonchev–Trinajstić information content (AvgIpc) is 2.25. The summed E-state index contributed by atoms with van der Waals surface area (Å²) in [7, 11) is 23.3. The third kappa shape index (κ3) is 4.78. The third-order valence-electron chi connectivity index (χ3n) is 3.42. The molecule has 1 aromatic carbocycles. The summed E-state index contributed by atoms with van der Waals surface area (Å²) in [6.07, 6.45) is 1.87. The fourth-order valence-electron chi connectivity index (χ4n) is 2.83. The van der Waals surface area contributed by atoms with Gasteiger partial charge in [-0.05, 0) is 36.0 Å². The Labute approximate surface area is 127 Å². The molecule has 1 saturated heterocycles. The zero-order valence-electron chi connectivity index (χ0n) is 11.9. The van der Waals surface area contributed by atoms with Crippen molar-refractivity contribution in [3.8, 4) is 0 Å². The van der Waals surface area contributed by atoms with Gasteiger partial charge in [0, 0.05) is 0 Å². The van der Waals surface area contributed by atoms with Gasteiger partial charge in [-0.1, -0.05) is 42.7 Å². The van der Waals surface area contributed by atoms with Gasteiger partial charge in [-0.25, -0.2) is 0 Å². The van der Waals surface area contributed by atoms with E-state index in [-0.39, 0.29) is 12.9 Å². The predicted molar refractivity (Wildman–Crippen MR) is 87.5 cm³/mol. The molecule has 7 heteroatoms. The molecule has 2 rings (SSSR count). The van der Waals surface area contributed by atoms with Gasteiger partial charge >= 0.3 is 0 Å². The molecular formula is C13H16B5NO. The smallest absolute Gasteiger partial charge is 0.221 e. The van der Waals surface area contributed by atoms with Crippen LogP contribution in [-0.4, -0.2) is 55.1 Å². The largest absolute Gasteiger partial charge is 0.407 e. The van der Waals surface area contributed by atoms with Crippen LogP contribution < -0.4 is 5.23 Å². The van der Waals surface area contributed by atoms with E-state index in [1.165, 1.54) is 5.56 Å². The molecule has 0 aromatic heterocycles. The van der Waals surface area contributed by atoms with Gasteiger partial charge in [0.15, 0.2) is 0 Å². The van der Waals surface area contributed by atoms with Gasteiger partial charge in [-0.2, -0.15) is 0 Å². The Bertz CT molecular complexity index is 424. The van der Waals surface area contributed by atoms with Gasteiger partial charge in [0.1, 0.15) is 0 Å². The second-order valence-electron chi connectivity index (χ2n) is 5.87. The molecule has 8 radical (unpaired) electrons. The Balaban J connectivity index is 1.92. The van der Waals surface area contributed by atoms with Crippen LogP contribution >= 0.6 is 0 Å². The van der Waals surface area contributed by atoms with Crippen LogP contribution in [0.15, 0.2) is 30.3 Å². The number of ether oxygens (including phenoxy) is 1. The van der Waals surface area contributed by atoms with Crippen LogP contribution in [0.5, 0.6) is 0 Å². The summed E-state index contributed by atoms with van der Waals surface area (Å²) in [5, 5.41) is 0.907. The Morgan fingerprint density at radius 3 is 2.25 bits per heavy atom. The lowest BCUT2D eigenvalue weighted by atomic mass is 9.51. The fourth-order valence-corrected chi connectivity index (χ4v) is 2.83. The van der Waals surface area contributed by atoms with Crippen LogP contribution in [-0.2, 0) is 11.1 Å². The van der Waals surface area contributed by atoms with Gasteiger partial charge in [0.05, 0.1) is 31.4 Å². The SMILES string of the molecule is [B]C1([B])CC(NB(C)Cc2ccccc2)CC([B])([B])O1. The molecule has 0 aliphatic carbocycles. The first kappa shape index (κ1) is 15.8. The summed E-state index contributed by atoms with van der Waals surface area (Å²) in [6.45, 7) is 2.39. The maximum atomic E-state index is 5.83. The topological polar surface area (TPSA) is 21.3 Å². The second kappa shape index (κ2) is 6.07. The highest BCUT2D eigenvalue weighted by Gasteiger charge is 2.37. The van der Waals surface area contributed by atoms with Crippen LogP contribution in [0.4, 0.5) is 0 Å². The summed E-state index contributed by atoms with van der Waals surface area (Å²) in [6, 6.07) is 10.3. The molecule has 20 heavy (non-hydrogen) atoms. The van der Waals surface area contributed by atoms with E-state index in [4.69, 9.17) is 36.1 Å². The van der Waals surface area contributed by atoms with Crippen molar-refractivity contribution in [3.63, 3.8) is 0 Å². The molecule has 1 aliphatic heterocycles. The van der Waals surface area contributed by atoms with Gasteiger partial charge in [-0.3, -0.25) is 0 Å². The lowest BCUT2D eigenvalue weighted by Crippen LogP contribution is -2.59. The predicted octanol–water partition coefficient (Wildman–Crippen LogP) is 0.140. The normalized spacial score (nSPS) is 21.4. The summed E-state index contributed by atoms with van der Waals surface area (Å²) in [4.78, 5) is 0. The molecule has 0 spiro atoms. The van der Waals surface area contributed by atoms with Crippen molar-refractivity contribution in [2.75, 3.05) is 0 Å². The van der Waals surface area contributed by atoms with E-state index in [9.17, 15) is 0 Å². The van der Waals surface area contributed by atoms with Crippen LogP contribution in [0.1, 0.15) is 18.4 Å². The zero-order chi connectivity index (χ0) is 14.8. The van der Waals surface area contributed by atoms with Crippen LogP contribution in [0.2, 0.25) is 6.82 Å². The lowest BCUT2D eigenvalue weighted by molar-refractivity contribution is -0.0241. The van der Waals surface area contributed by atoms with Crippen LogP contribution in [0.25, 0.3) is 0 Å². The number of hydrogen-bond donors (Lipinski definition) is 1. The third-order valence-corrected chi connectivity index (χ3v) is 3.42. The average molecular weight is 256 g/mol. The highest BCUT2D eigenvalue weighted by Crippen LogP contribution is 2.28. The molecule has 1 N–H and O–H groups in total. The van der Waals surface area contributed by atoms with Crippen molar-refractivity contribution in [1.29, 1.82) is 0 Å². The van der Waals surface area contributed by atoms with Gasteiger partial charge in [0.25, 0.3) is 0 Å². The highest BCUT2D eigenvalue weighted by molar-refractivity contribution is 6.54. The van der Waals surface area contributed by atoms with E-state index < -0.39 is 10.8 Å². The zero-order valence-corrected chi connectivity index (χ0v) is 11.9. The van der Waals surface area contributed by atoms with Crippen molar-refractivity contribution in [2.45, 2.75) is 42.8 Å². The lowest BCUT2D eigenvalue weighted by Gasteiger charge is -2.48. The summed E-state index contributed by atoms with van der Waals surface area (Å²) < 4.78 is 5.26. The quantitative estimate of drug-likeness (QED) is 0.774. The van der Waals surface area contributed by atoms with E-state index in [2.05, 4.69) is 24.2 Å². The van der Waals surface area contributed by atoms with E-state index in [1.54, 1.807) is 0 Å². The van der Waals surface area contributed by atoms with E-state index in [0.29, 0.717) is 12.8 Å². The maximum Gasteiger partial charge on any atom is 0.221 e. The second-order valence-corrected chi connectivity index (χ2v) is 5.87. The standard InChI is InChI=1S/C13H16B5NO/c1-18(9-10-5-3-2-4-6-10)19-11-7-12(14,15)20-13(16,17)8-11/h2-6,11,19H,7-9H2,1H3. The van der Waals surface area contributed by atoms with Crippen molar-refractivity contribution < 1.29 is 4.74 Å². The van der Waals surface area contributed by atoms with E-state index in [0.717, 1.165) is 6.32 Å². The molecule has 94 valence electrons. The molecule has 0 unspecified atom stereocenters. The minimum absolute atomic E-state index is 0.0347. The van der Waals surface area contributed by atoms with Crippen LogP contribution in [0, 0.1) is 0 Å². The summed E-state index contributed by atoms with van der Waals surface area (Å²) >= 11 is 0. The fraction of sp³-hybridized carbons (Fsp3) is 0.538.